The van der Waals surface area contributed by atoms with Gasteiger partial charge in [-0.3, -0.25) is 0 Å². The minimum absolute atomic E-state index is 0.498. The molecular weight excluding hydrogens is 376 g/mol. The SMILES string of the molecule is CSCCCNC(=NCc1nnc(C)n1C)N(C)Cc1ccc(Cl)s1. The first kappa shape index (κ1) is 20.1. The van der Waals surface area contributed by atoms with Gasteiger partial charge < -0.3 is 14.8 Å². The normalized spacial score (nSPS) is 11.8. The summed E-state index contributed by atoms with van der Waals surface area (Å²) < 4.78 is 2.78. The molecule has 0 spiro atoms. The molecule has 0 aliphatic carbocycles. The van der Waals surface area contributed by atoms with E-state index in [9.17, 15) is 0 Å². The molecule has 0 saturated heterocycles. The first-order valence-electron chi connectivity index (χ1n) is 8.08. The third kappa shape index (κ3) is 6.20. The van der Waals surface area contributed by atoms with Crippen LogP contribution >= 0.6 is 34.7 Å². The first-order valence-corrected chi connectivity index (χ1v) is 10.7. The lowest BCUT2D eigenvalue weighted by molar-refractivity contribution is 0.478. The molecule has 2 aromatic heterocycles. The smallest absolute Gasteiger partial charge is 0.194 e. The van der Waals surface area contributed by atoms with Gasteiger partial charge >= 0.3 is 0 Å². The summed E-state index contributed by atoms with van der Waals surface area (Å²) in [5.74, 6) is 3.74. The number of aryl methyl sites for hydroxylation is 1. The summed E-state index contributed by atoms with van der Waals surface area (Å²) in [5.41, 5.74) is 0. The van der Waals surface area contributed by atoms with Crippen LogP contribution in [-0.2, 0) is 20.1 Å². The number of aromatic nitrogens is 3. The molecule has 0 unspecified atom stereocenters. The number of thioether (sulfide) groups is 1. The quantitative estimate of drug-likeness (QED) is 0.419. The van der Waals surface area contributed by atoms with E-state index in [1.54, 1.807) is 11.3 Å². The summed E-state index contributed by atoms with van der Waals surface area (Å²) in [5, 5.41) is 11.7. The monoisotopic (exact) mass is 400 g/mol. The lowest BCUT2D eigenvalue weighted by atomic mass is 10.4. The van der Waals surface area contributed by atoms with Crippen LogP contribution in [0.25, 0.3) is 0 Å². The number of rotatable bonds is 8. The molecule has 2 rings (SSSR count). The molecule has 0 saturated carbocycles. The van der Waals surface area contributed by atoms with Gasteiger partial charge in [-0.25, -0.2) is 4.99 Å². The highest BCUT2D eigenvalue weighted by molar-refractivity contribution is 7.98. The molecule has 2 heterocycles. The zero-order valence-electron chi connectivity index (χ0n) is 15.1. The van der Waals surface area contributed by atoms with E-state index in [4.69, 9.17) is 16.6 Å². The van der Waals surface area contributed by atoms with Crippen LogP contribution in [0.1, 0.15) is 22.9 Å². The van der Waals surface area contributed by atoms with Gasteiger partial charge in [0.15, 0.2) is 11.8 Å². The minimum atomic E-state index is 0.498. The Bertz CT molecular complexity index is 697. The molecule has 2 aromatic rings. The predicted octanol–water partition coefficient (Wildman–Crippen LogP) is 3.17. The van der Waals surface area contributed by atoms with Crippen molar-refractivity contribution in [2.75, 3.05) is 25.6 Å². The molecule has 138 valence electrons. The Morgan fingerprint density at radius 3 is 2.84 bits per heavy atom. The minimum Gasteiger partial charge on any atom is -0.356 e. The summed E-state index contributed by atoms with van der Waals surface area (Å²) >= 11 is 9.49. The summed E-state index contributed by atoms with van der Waals surface area (Å²) in [6.07, 6.45) is 3.22. The van der Waals surface area contributed by atoms with Crippen LogP contribution in [0.2, 0.25) is 4.34 Å². The summed E-state index contributed by atoms with van der Waals surface area (Å²) in [6, 6.07) is 3.99. The van der Waals surface area contributed by atoms with Crippen LogP contribution < -0.4 is 5.32 Å². The molecule has 0 aromatic carbocycles. The maximum Gasteiger partial charge on any atom is 0.194 e. The fraction of sp³-hybridized carbons (Fsp3) is 0.562. The molecule has 0 radical (unpaired) electrons. The van der Waals surface area contributed by atoms with Gasteiger partial charge in [0, 0.05) is 25.5 Å². The molecule has 0 aliphatic rings. The average Bonchev–Trinajstić information content (AvgIpc) is 3.13. The zero-order chi connectivity index (χ0) is 18.2. The second-order valence-corrected chi connectivity index (χ2v) is 8.48. The Balaban J connectivity index is 2.04. The summed E-state index contributed by atoms with van der Waals surface area (Å²) in [6.45, 7) is 4.10. The lowest BCUT2D eigenvalue weighted by Gasteiger charge is -2.22. The van der Waals surface area contributed by atoms with Crippen LogP contribution in [0.15, 0.2) is 17.1 Å². The Morgan fingerprint density at radius 1 is 1.44 bits per heavy atom. The van der Waals surface area contributed by atoms with E-state index in [2.05, 4.69) is 32.7 Å². The first-order chi connectivity index (χ1) is 12.0. The Kier molecular flexibility index (Phi) is 8.05. The highest BCUT2D eigenvalue weighted by Crippen LogP contribution is 2.22. The number of guanidine groups is 1. The van der Waals surface area contributed by atoms with Crippen LogP contribution in [-0.4, -0.2) is 51.2 Å². The standard InChI is InChI=1S/C16H25ClN6S2/c1-12-20-21-15(23(12)3)10-19-16(18-8-5-9-24-4)22(2)11-13-6-7-14(17)25-13/h6-7H,5,8-11H2,1-4H3,(H,18,19). The largest absolute Gasteiger partial charge is 0.356 e. The number of nitrogens with zero attached hydrogens (tertiary/aromatic N) is 5. The van der Waals surface area contributed by atoms with Gasteiger partial charge in [-0.2, -0.15) is 11.8 Å². The van der Waals surface area contributed by atoms with Crippen molar-refractivity contribution in [3.8, 4) is 0 Å². The van der Waals surface area contributed by atoms with Gasteiger partial charge in [0.05, 0.1) is 10.9 Å². The second-order valence-electron chi connectivity index (χ2n) is 5.70. The van der Waals surface area contributed by atoms with Crippen molar-refractivity contribution >= 4 is 40.7 Å². The molecule has 0 aliphatic heterocycles. The van der Waals surface area contributed by atoms with Gasteiger partial charge in [0.2, 0.25) is 0 Å². The number of thiophene rings is 1. The highest BCUT2D eigenvalue weighted by atomic mass is 35.5. The Labute approximate surface area is 162 Å². The maximum atomic E-state index is 6.04. The zero-order valence-corrected chi connectivity index (χ0v) is 17.5. The fourth-order valence-corrected chi connectivity index (χ4v) is 3.78. The molecule has 0 amide bonds. The fourth-order valence-electron chi connectivity index (χ4n) is 2.21. The number of hydrogen-bond acceptors (Lipinski definition) is 5. The van der Waals surface area contributed by atoms with Gasteiger partial charge in [0.1, 0.15) is 12.4 Å². The highest BCUT2D eigenvalue weighted by Gasteiger charge is 2.10. The maximum absolute atomic E-state index is 6.04. The van der Waals surface area contributed by atoms with Gasteiger partial charge in [0.25, 0.3) is 0 Å². The Hall–Kier alpha value is -1.25. The van der Waals surface area contributed by atoms with E-state index in [1.165, 1.54) is 4.88 Å². The number of aliphatic imine (C=N–C) groups is 1. The third-order valence-corrected chi connectivity index (χ3v) is 5.66. The van der Waals surface area contributed by atoms with Crippen molar-refractivity contribution in [3.63, 3.8) is 0 Å². The van der Waals surface area contributed by atoms with Crippen LogP contribution in [0.5, 0.6) is 0 Å². The molecule has 25 heavy (non-hydrogen) atoms. The van der Waals surface area contributed by atoms with Gasteiger partial charge in [-0.1, -0.05) is 11.6 Å². The molecule has 0 fully saturated rings. The van der Waals surface area contributed by atoms with Crippen LogP contribution in [0, 0.1) is 6.92 Å². The van der Waals surface area contributed by atoms with Crippen molar-refractivity contribution < 1.29 is 0 Å². The van der Waals surface area contributed by atoms with Crippen molar-refractivity contribution in [1.29, 1.82) is 0 Å². The topological polar surface area (TPSA) is 58.3 Å². The molecular formula is C16H25ClN6S2. The van der Waals surface area contributed by atoms with Crippen molar-refractivity contribution in [2.45, 2.75) is 26.4 Å². The number of halogens is 1. The van der Waals surface area contributed by atoms with E-state index >= 15 is 0 Å². The average molecular weight is 401 g/mol. The molecule has 1 N–H and O–H groups in total. The van der Waals surface area contributed by atoms with E-state index in [-0.39, 0.29) is 0 Å². The van der Waals surface area contributed by atoms with Crippen LogP contribution in [0.3, 0.4) is 0 Å². The van der Waals surface area contributed by atoms with E-state index < -0.39 is 0 Å². The molecule has 6 nitrogen and oxygen atoms in total. The van der Waals surface area contributed by atoms with Crippen molar-refractivity contribution in [2.24, 2.45) is 12.0 Å². The van der Waals surface area contributed by atoms with Gasteiger partial charge in [-0.05, 0) is 37.5 Å². The third-order valence-electron chi connectivity index (χ3n) is 3.74. The second kappa shape index (κ2) is 10.0. The summed E-state index contributed by atoms with van der Waals surface area (Å²) in [4.78, 5) is 8.07. The predicted molar refractivity (Wildman–Crippen MR) is 109 cm³/mol. The van der Waals surface area contributed by atoms with Gasteiger partial charge in [-0.15, -0.1) is 21.5 Å². The lowest BCUT2D eigenvalue weighted by Crippen LogP contribution is -2.39. The summed E-state index contributed by atoms with van der Waals surface area (Å²) in [7, 11) is 4.00. The molecule has 0 bridgehead atoms. The number of nitrogens with one attached hydrogen (secondary N) is 1. The van der Waals surface area contributed by atoms with Crippen molar-refractivity contribution in [1.82, 2.24) is 25.0 Å². The van der Waals surface area contributed by atoms with E-state index in [0.717, 1.165) is 47.2 Å². The molecule has 0 atom stereocenters. The Morgan fingerprint density at radius 2 is 2.24 bits per heavy atom. The number of hydrogen-bond donors (Lipinski definition) is 1. The molecule has 9 heteroatoms. The van der Waals surface area contributed by atoms with Crippen LogP contribution in [0.4, 0.5) is 0 Å². The van der Waals surface area contributed by atoms with Crippen molar-refractivity contribution in [3.05, 3.63) is 33.0 Å². The van der Waals surface area contributed by atoms with E-state index in [1.807, 2.05) is 43.4 Å². The van der Waals surface area contributed by atoms with E-state index in [0.29, 0.717) is 6.54 Å².